The predicted molar refractivity (Wildman–Crippen MR) is 113 cm³/mol. The number of fused-ring (bicyclic) bond motifs is 1. The lowest BCUT2D eigenvalue weighted by molar-refractivity contribution is -0.131. The summed E-state index contributed by atoms with van der Waals surface area (Å²) in [6.07, 6.45) is 1.85. The molecule has 0 saturated heterocycles. The van der Waals surface area contributed by atoms with Gasteiger partial charge in [0, 0.05) is 18.7 Å². The Morgan fingerprint density at radius 1 is 1.14 bits per heavy atom. The number of carbonyl (C=O) groups is 1. The minimum absolute atomic E-state index is 0.152. The number of amides is 1. The number of carbonyl (C=O) groups excluding carboxylic acids is 1. The number of nitrogens with zero attached hydrogens (tertiary/aromatic N) is 3. The summed E-state index contributed by atoms with van der Waals surface area (Å²) in [5.74, 6) is -0.656. The van der Waals surface area contributed by atoms with E-state index in [1.807, 2.05) is 6.92 Å². The molecule has 0 atom stereocenters. The summed E-state index contributed by atoms with van der Waals surface area (Å²) in [6.45, 7) is 4.80. The van der Waals surface area contributed by atoms with E-state index in [-0.39, 0.29) is 24.6 Å². The Hall–Kier alpha value is -2.74. The number of benzene rings is 1. The van der Waals surface area contributed by atoms with Gasteiger partial charge in [0.05, 0.1) is 12.1 Å². The molecule has 1 amide bonds. The molecule has 6 nitrogen and oxygen atoms in total. The zero-order chi connectivity index (χ0) is 21.0. The molecule has 3 rings (SSSR count). The highest BCUT2D eigenvalue weighted by Gasteiger charge is 2.19. The van der Waals surface area contributed by atoms with Gasteiger partial charge in [0.15, 0.2) is 0 Å². The van der Waals surface area contributed by atoms with Gasteiger partial charge in [-0.25, -0.2) is 9.18 Å². The monoisotopic (exact) mass is 417 g/mol. The van der Waals surface area contributed by atoms with Crippen LogP contribution in [0.25, 0.3) is 10.2 Å². The summed E-state index contributed by atoms with van der Waals surface area (Å²) in [6, 6.07) is 7.71. The first-order valence-corrected chi connectivity index (χ1v) is 10.6. The van der Waals surface area contributed by atoms with Gasteiger partial charge >= 0.3 is 5.69 Å². The van der Waals surface area contributed by atoms with E-state index in [1.54, 1.807) is 34.5 Å². The predicted octanol–water partition coefficient (Wildman–Crippen LogP) is 3.06. The number of thiophene rings is 1. The maximum Gasteiger partial charge on any atom is 0.332 e. The van der Waals surface area contributed by atoms with Crippen molar-refractivity contribution >= 4 is 27.5 Å². The minimum atomic E-state index is -0.607. The molecule has 0 bridgehead atoms. The lowest BCUT2D eigenvalue weighted by Crippen LogP contribution is -2.43. The molecule has 2 aromatic heterocycles. The van der Waals surface area contributed by atoms with Crippen molar-refractivity contribution in [2.75, 3.05) is 13.1 Å². The number of halogens is 1. The molecule has 1 aromatic carbocycles. The average molecular weight is 418 g/mol. The molecule has 0 fully saturated rings. The van der Waals surface area contributed by atoms with Crippen LogP contribution in [-0.4, -0.2) is 33.0 Å². The summed E-state index contributed by atoms with van der Waals surface area (Å²) in [7, 11) is 0. The molecule has 0 radical (unpaired) electrons. The van der Waals surface area contributed by atoms with E-state index in [9.17, 15) is 18.8 Å². The van der Waals surface area contributed by atoms with E-state index in [1.165, 1.54) is 22.0 Å². The topological polar surface area (TPSA) is 64.3 Å². The second-order valence-corrected chi connectivity index (χ2v) is 7.73. The van der Waals surface area contributed by atoms with Crippen LogP contribution < -0.4 is 11.2 Å². The molecule has 0 aliphatic heterocycles. The van der Waals surface area contributed by atoms with E-state index in [0.29, 0.717) is 23.3 Å². The molecule has 3 aromatic rings. The van der Waals surface area contributed by atoms with E-state index in [0.717, 1.165) is 17.4 Å². The van der Waals surface area contributed by atoms with E-state index in [4.69, 9.17) is 0 Å². The third kappa shape index (κ3) is 4.32. The summed E-state index contributed by atoms with van der Waals surface area (Å²) in [4.78, 5) is 40.5. The number of rotatable bonds is 8. The van der Waals surface area contributed by atoms with Gasteiger partial charge in [-0.05, 0) is 30.9 Å². The molecule has 2 heterocycles. The van der Waals surface area contributed by atoms with Crippen LogP contribution >= 0.6 is 11.3 Å². The standard InChI is InChI=1S/C21H24FN3O3S/c1-3-5-11-23(4-2)18(26)14-24-17-10-12-29-19(17)20(27)25(21(24)28)13-15-8-6-7-9-16(15)22/h6-10,12H,3-5,11,13-14H2,1-2H3. The van der Waals surface area contributed by atoms with Crippen molar-refractivity contribution in [1.82, 2.24) is 14.0 Å². The first-order chi connectivity index (χ1) is 14.0. The van der Waals surface area contributed by atoms with Gasteiger partial charge in [-0.1, -0.05) is 31.5 Å². The molecule has 0 N–H and O–H groups in total. The lowest BCUT2D eigenvalue weighted by Gasteiger charge is -2.21. The van der Waals surface area contributed by atoms with Crippen LogP contribution in [0, 0.1) is 5.82 Å². The molecule has 8 heteroatoms. The SMILES string of the molecule is CCCCN(CC)C(=O)Cn1c(=O)n(Cc2ccccc2F)c(=O)c2sccc21. The number of aromatic nitrogens is 2. The molecular weight excluding hydrogens is 393 g/mol. The molecular formula is C21H24FN3O3S. The van der Waals surface area contributed by atoms with Crippen molar-refractivity contribution in [2.45, 2.75) is 39.8 Å². The Bertz CT molecular complexity index is 1130. The molecule has 0 aliphatic carbocycles. The van der Waals surface area contributed by atoms with Gasteiger partial charge in [-0.3, -0.25) is 18.7 Å². The second-order valence-electron chi connectivity index (χ2n) is 6.81. The second kappa shape index (κ2) is 9.17. The van der Waals surface area contributed by atoms with E-state index in [2.05, 4.69) is 6.92 Å². The average Bonchev–Trinajstić information content (AvgIpc) is 3.20. The molecule has 0 saturated carbocycles. The fourth-order valence-corrected chi connectivity index (χ4v) is 4.11. The maximum absolute atomic E-state index is 14.1. The maximum atomic E-state index is 14.1. The summed E-state index contributed by atoms with van der Waals surface area (Å²) < 4.78 is 16.8. The van der Waals surface area contributed by atoms with Crippen molar-refractivity contribution in [3.63, 3.8) is 0 Å². The fraction of sp³-hybridized carbons (Fsp3) is 0.381. The van der Waals surface area contributed by atoms with Gasteiger partial charge in [0.2, 0.25) is 5.91 Å². The van der Waals surface area contributed by atoms with Gasteiger partial charge in [0.25, 0.3) is 5.56 Å². The van der Waals surface area contributed by atoms with Crippen molar-refractivity contribution in [3.05, 3.63) is 67.9 Å². The van der Waals surface area contributed by atoms with Crippen LogP contribution in [0.1, 0.15) is 32.3 Å². The number of likely N-dealkylation sites (N-methyl/N-ethyl adjacent to an activating group) is 1. The number of unbranched alkanes of at least 4 members (excludes halogenated alkanes) is 1. The van der Waals surface area contributed by atoms with E-state index >= 15 is 0 Å². The highest BCUT2D eigenvalue weighted by molar-refractivity contribution is 7.17. The smallest absolute Gasteiger partial charge is 0.332 e. The summed E-state index contributed by atoms with van der Waals surface area (Å²) >= 11 is 1.21. The van der Waals surface area contributed by atoms with Crippen LogP contribution in [0.3, 0.4) is 0 Å². The quantitative estimate of drug-likeness (QED) is 0.566. The first kappa shape index (κ1) is 21.0. The van der Waals surface area contributed by atoms with Crippen molar-refractivity contribution in [1.29, 1.82) is 0 Å². The van der Waals surface area contributed by atoms with Crippen LogP contribution in [-0.2, 0) is 17.9 Å². The molecule has 29 heavy (non-hydrogen) atoms. The third-order valence-electron chi connectivity index (χ3n) is 4.93. The Kier molecular flexibility index (Phi) is 6.64. The normalized spacial score (nSPS) is 11.1. The van der Waals surface area contributed by atoms with Crippen LogP contribution in [0.5, 0.6) is 0 Å². The van der Waals surface area contributed by atoms with Gasteiger partial charge in [-0.15, -0.1) is 11.3 Å². The van der Waals surface area contributed by atoms with Crippen LogP contribution in [0.15, 0.2) is 45.3 Å². The Morgan fingerprint density at radius 2 is 1.90 bits per heavy atom. The van der Waals surface area contributed by atoms with Gasteiger partial charge < -0.3 is 4.90 Å². The zero-order valence-electron chi connectivity index (χ0n) is 16.6. The van der Waals surface area contributed by atoms with Crippen molar-refractivity contribution < 1.29 is 9.18 Å². The summed E-state index contributed by atoms with van der Waals surface area (Å²) in [5, 5.41) is 1.72. The highest BCUT2D eigenvalue weighted by Crippen LogP contribution is 2.16. The van der Waals surface area contributed by atoms with Crippen molar-refractivity contribution in [3.8, 4) is 0 Å². The molecule has 0 unspecified atom stereocenters. The Balaban J connectivity index is 2.05. The van der Waals surface area contributed by atoms with Crippen molar-refractivity contribution in [2.24, 2.45) is 0 Å². The van der Waals surface area contributed by atoms with Gasteiger partial charge in [0.1, 0.15) is 17.1 Å². The Morgan fingerprint density at radius 3 is 2.59 bits per heavy atom. The molecule has 0 aliphatic rings. The number of hydrogen-bond acceptors (Lipinski definition) is 4. The van der Waals surface area contributed by atoms with Gasteiger partial charge in [-0.2, -0.15) is 0 Å². The Labute approximate surface area is 171 Å². The zero-order valence-corrected chi connectivity index (χ0v) is 17.4. The van der Waals surface area contributed by atoms with E-state index < -0.39 is 17.1 Å². The largest absolute Gasteiger partial charge is 0.341 e. The lowest BCUT2D eigenvalue weighted by atomic mass is 10.2. The minimum Gasteiger partial charge on any atom is -0.341 e. The fourth-order valence-electron chi connectivity index (χ4n) is 3.27. The first-order valence-electron chi connectivity index (χ1n) is 9.69. The van der Waals surface area contributed by atoms with Crippen LogP contribution in [0.2, 0.25) is 0 Å². The third-order valence-corrected chi connectivity index (χ3v) is 5.82. The molecule has 154 valence electrons. The summed E-state index contributed by atoms with van der Waals surface area (Å²) in [5.41, 5.74) is -0.386. The molecule has 0 spiro atoms. The number of hydrogen-bond donors (Lipinski definition) is 0. The van der Waals surface area contributed by atoms with Crippen LogP contribution in [0.4, 0.5) is 4.39 Å². The highest BCUT2D eigenvalue weighted by atomic mass is 32.1.